The molecule has 2 aromatic heterocycles. The molecule has 0 spiro atoms. The number of fused-ring (bicyclic) bond motifs is 1. The van der Waals surface area contributed by atoms with E-state index in [-0.39, 0.29) is 5.56 Å². The summed E-state index contributed by atoms with van der Waals surface area (Å²) in [6, 6.07) is 15.4. The molecule has 0 saturated carbocycles. The average molecular weight is 331 g/mol. The van der Waals surface area contributed by atoms with E-state index in [2.05, 4.69) is 4.98 Å². The topological polar surface area (TPSA) is 48.5 Å². The molecule has 0 aliphatic carbocycles. The molecule has 2 aromatic carbocycles. The molecule has 5 heteroatoms. The van der Waals surface area contributed by atoms with Crippen LogP contribution in [0, 0.1) is 6.92 Å². The van der Waals surface area contributed by atoms with Gasteiger partial charge in [0.1, 0.15) is 5.75 Å². The summed E-state index contributed by atoms with van der Waals surface area (Å²) in [6.45, 7) is 2.04. The van der Waals surface area contributed by atoms with Gasteiger partial charge in [0, 0.05) is 29.8 Å². The number of methoxy groups -OCH3 is 1. The van der Waals surface area contributed by atoms with Crippen LogP contribution in [0.2, 0.25) is 0 Å². The van der Waals surface area contributed by atoms with Crippen LogP contribution in [0.15, 0.2) is 71.9 Å². The average Bonchev–Trinajstić information content (AvgIpc) is 3.07. The molecule has 0 bridgehead atoms. The summed E-state index contributed by atoms with van der Waals surface area (Å²) in [5, 5.41) is 0. The van der Waals surface area contributed by atoms with Crippen molar-refractivity contribution in [1.29, 1.82) is 0 Å². The predicted molar refractivity (Wildman–Crippen MR) is 97.5 cm³/mol. The summed E-state index contributed by atoms with van der Waals surface area (Å²) in [6.07, 6.45) is 5.48. The molecule has 0 unspecified atom stereocenters. The minimum atomic E-state index is -0.160. The molecular formula is C20H17N3O2. The van der Waals surface area contributed by atoms with Gasteiger partial charge >= 0.3 is 0 Å². The van der Waals surface area contributed by atoms with Gasteiger partial charge in [0.25, 0.3) is 5.56 Å². The molecule has 124 valence electrons. The van der Waals surface area contributed by atoms with Crippen LogP contribution in [-0.2, 0) is 0 Å². The lowest BCUT2D eigenvalue weighted by molar-refractivity contribution is 0.414. The lowest BCUT2D eigenvalue weighted by Crippen LogP contribution is -2.19. The van der Waals surface area contributed by atoms with E-state index in [4.69, 9.17) is 4.74 Å². The summed E-state index contributed by atoms with van der Waals surface area (Å²) in [7, 11) is 1.62. The second-order valence-electron chi connectivity index (χ2n) is 5.84. The first kappa shape index (κ1) is 15.2. The van der Waals surface area contributed by atoms with E-state index in [9.17, 15) is 4.79 Å². The minimum Gasteiger partial charge on any atom is -0.497 e. The summed E-state index contributed by atoms with van der Waals surface area (Å²) >= 11 is 0. The Labute approximate surface area is 144 Å². The van der Waals surface area contributed by atoms with E-state index in [0.717, 1.165) is 28.3 Å². The van der Waals surface area contributed by atoms with E-state index in [0.29, 0.717) is 5.65 Å². The molecule has 0 N–H and O–H groups in total. The molecule has 4 aromatic rings. The third-order valence-corrected chi connectivity index (χ3v) is 4.29. The highest BCUT2D eigenvalue weighted by Gasteiger charge is 2.11. The van der Waals surface area contributed by atoms with Crippen molar-refractivity contribution in [3.63, 3.8) is 0 Å². The fourth-order valence-electron chi connectivity index (χ4n) is 2.92. The van der Waals surface area contributed by atoms with Crippen molar-refractivity contribution in [2.24, 2.45) is 0 Å². The number of aromatic nitrogens is 3. The van der Waals surface area contributed by atoms with Gasteiger partial charge in [0.2, 0.25) is 5.65 Å². The number of nitrogens with zero attached hydrogens (tertiary/aromatic N) is 3. The molecule has 0 fully saturated rings. The van der Waals surface area contributed by atoms with Crippen LogP contribution in [0.3, 0.4) is 0 Å². The van der Waals surface area contributed by atoms with Crippen molar-refractivity contribution in [2.45, 2.75) is 6.92 Å². The summed E-state index contributed by atoms with van der Waals surface area (Å²) in [5.41, 5.74) is 3.96. The van der Waals surface area contributed by atoms with Crippen molar-refractivity contribution < 1.29 is 4.74 Å². The van der Waals surface area contributed by atoms with Gasteiger partial charge in [-0.05, 0) is 36.8 Å². The maximum atomic E-state index is 12.9. The maximum Gasteiger partial charge on any atom is 0.298 e. The Morgan fingerprint density at radius 2 is 1.76 bits per heavy atom. The molecule has 0 radical (unpaired) electrons. The lowest BCUT2D eigenvalue weighted by atomic mass is 10.1. The number of ether oxygens (including phenoxy) is 1. The van der Waals surface area contributed by atoms with Gasteiger partial charge in [-0.15, -0.1) is 0 Å². The van der Waals surface area contributed by atoms with E-state index in [1.165, 1.54) is 0 Å². The van der Waals surface area contributed by atoms with Crippen LogP contribution in [0.25, 0.3) is 22.6 Å². The Bertz CT molecular complexity index is 1110. The van der Waals surface area contributed by atoms with E-state index < -0.39 is 0 Å². The van der Waals surface area contributed by atoms with Crippen LogP contribution in [-0.4, -0.2) is 21.1 Å². The van der Waals surface area contributed by atoms with E-state index >= 15 is 0 Å². The third kappa shape index (κ3) is 2.59. The number of rotatable bonds is 3. The second kappa shape index (κ2) is 5.94. The highest BCUT2D eigenvalue weighted by atomic mass is 16.5. The fourth-order valence-corrected chi connectivity index (χ4v) is 2.92. The Morgan fingerprint density at radius 1 is 1.00 bits per heavy atom. The Hall–Kier alpha value is -3.34. The number of aryl methyl sites for hydroxylation is 1. The standard InChI is InChI=1S/C20H17N3O2/c1-14-5-3-4-6-17(14)18-13-22-11-12-23(20(24)19(22)21-18)15-7-9-16(25-2)10-8-15/h3-13H,1-2H3. The van der Waals surface area contributed by atoms with Crippen molar-refractivity contribution >= 4 is 5.65 Å². The quantitative estimate of drug-likeness (QED) is 0.577. The molecule has 0 aliphatic rings. The third-order valence-electron chi connectivity index (χ3n) is 4.29. The number of benzene rings is 2. The van der Waals surface area contributed by atoms with E-state index in [1.807, 2.05) is 67.8 Å². The molecule has 4 rings (SSSR count). The zero-order chi connectivity index (χ0) is 17.4. The molecule has 0 aliphatic heterocycles. The Kier molecular flexibility index (Phi) is 3.61. The van der Waals surface area contributed by atoms with Gasteiger partial charge in [-0.25, -0.2) is 4.98 Å². The lowest BCUT2D eigenvalue weighted by Gasteiger charge is -2.06. The van der Waals surface area contributed by atoms with Crippen LogP contribution < -0.4 is 10.3 Å². The first-order valence-corrected chi connectivity index (χ1v) is 7.98. The number of hydrogen-bond acceptors (Lipinski definition) is 3. The minimum absolute atomic E-state index is 0.160. The SMILES string of the molecule is COc1ccc(-n2ccn3cc(-c4ccccc4C)nc3c2=O)cc1. The molecule has 2 heterocycles. The maximum absolute atomic E-state index is 12.9. The Balaban J connectivity index is 1.85. The molecule has 5 nitrogen and oxygen atoms in total. The summed E-state index contributed by atoms with van der Waals surface area (Å²) < 4.78 is 8.52. The van der Waals surface area contributed by atoms with Crippen LogP contribution >= 0.6 is 0 Å². The molecule has 25 heavy (non-hydrogen) atoms. The van der Waals surface area contributed by atoms with Crippen molar-refractivity contribution in [3.8, 4) is 22.7 Å². The van der Waals surface area contributed by atoms with Gasteiger partial charge in [-0.3, -0.25) is 9.36 Å². The first-order chi connectivity index (χ1) is 12.2. The highest BCUT2D eigenvalue weighted by Crippen LogP contribution is 2.22. The normalized spacial score (nSPS) is 11.0. The molecule has 0 atom stereocenters. The number of imidazole rings is 1. The largest absolute Gasteiger partial charge is 0.497 e. The van der Waals surface area contributed by atoms with Gasteiger partial charge < -0.3 is 9.14 Å². The molecule has 0 amide bonds. The predicted octanol–water partition coefficient (Wildman–Crippen LogP) is 3.47. The zero-order valence-electron chi connectivity index (χ0n) is 14.0. The van der Waals surface area contributed by atoms with Gasteiger partial charge in [-0.1, -0.05) is 24.3 Å². The molecular weight excluding hydrogens is 314 g/mol. The first-order valence-electron chi connectivity index (χ1n) is 7.98. The van der Waals surface area contributed by atoms with Gasteiger partial charge in [-0.2, -0.15) is 0 Å². The second-order valence-corrected chi connectivity index (χ2v) is 5.84. The summed E-state index contributed by atoms with van der Waals surface area (Å²) in [4.78, 5) is 17.4. The fraction of sp³-hybridized carbons (Fsp3) is 0.100. The highest BCUT2D eigenvalue weighted by molar-refractivity contribution is 5.65. The van der Waals surface area contributed by atoms with Gasteiger partial charge in [0.15, 0.2) is 0 Å². The van der Waals surface area contributed by atoms with Crippen molar-refractivity contribution in [2.75, 3.05) is 7.11 Å². The summed E-state index contributed by atoms with van der Waals surface area (Å²) in [5.74, 6) is 0.750. The van der Waals surface area contributed by atoms with Gasteiger partial charge in [0.05, 0.1) is 12.8 Å². The monoisotopic (exact) mass is 331 g/mol. The van der Waals surface area contributed by atoms with E-state index in [1.54, 1.807) is 22.3 Å². The Morgan fingerprint density at radius 3 is 2.48 bits per heavy atom. The van der Waals surface area contributed by atoms with Crippen LogP contribution in [0.4, 0.5) is 0 Å². The molecule has 0 saturated heterocycles. The van der Waals surface area contributed by atoms with Crippen molar-refractivity contribution in [3.05, 3.63) is 83.0 Å². The van der Waals surface area contributed by atoms with Crippen LogP contribution in [0.1, 0.15) is 5.56 Å². The number of hydrogen-bond donors (Lipinski definition) is 0. The zero-order valence-corrected chi connectivity index (χ0v) is 14.0. The van der Waals surface area contributed by atoms with Crippen LogP contribution in [0.5, 0.6) is 5.75 Å². The smallest absolute Gasteiger partial charge is 0.298 e. The van der Waals surface area contributed by atoms with Crippen molar-refractivity contribution in [1.82, 2.24) is 14.0 Å².